The summed E-state index contributed by atoms with van der Waals surface area (Å²) in [5.74, 6) is -0.557. The van der Waals surface area contributed by atoms with E-state index < -0.39 is 24.7 Å². The van der Waals surface area contributed by atoms with E-state index in [2.05, 4.69) is 10.6 Å². The van der Waals surface area contributed by atoms with Crippen molar-refractivity contribution in [3.8, 4) is 0 Å². The molecule has 0 bridgehead atoms. The molecule has 0 saturated carbocycles. The number of ether oxygens (including phenoxy) is 1. The van der Waals surface area contributed by atoms with Crippen LogP contribution in [-0.4, -0.2) is 65.0 Å². The highest BCUT2D eigenvalue weighted by molar-refractivity contribution is 5.69. The summed E-state index contributed by atoms with van der Waals surface area (Å²) in [5.41, 5.74) is 5.56. The topological polar surface area (TPSA) is 157 Å². The minimum atomic E-state index is -1.84. The zero-order valence-electron chi connectivity index (χ0n) is 12.2. The number of esters is 1. The smallest absolute Gasteiger partial charge is 0.306 e. The second kappa shape index (κ2) is 11.8. The molecule has 0 aromatic heterocycles. The van der Waals surface area contributed by atoms with Crippen LogP contribution in [0.1, 0.15) is 32.1 Å². The van der Waals surface area contributed by atoms with Crippen LogP contribution in [0.2, 0.25) is 0 Å². The molecule has 0 rings (SSSR count). The van der Waals surface area contributed by atoms with Crippen molar-refractivity contribution < 1.29 is 30.0 Å². The summed E-state index contributed by atoms with van der Waals surface area (Å²) in [6.07, 6.45) is -3.60. The Balaban J connectivity index is 3.83. The Morgan fingerprint density at radius 3 is 2.38 bits per heavy atom. The Kier molecular flexibility index (Phi) is 11.4. The number of aliphatic hydroxyl groups is 4. The molecular weight excluding hydrogens is 282 g/mol. The monoisotopic (exact) mass is 309 g/mol. The quantitative estimate of drug-likeness (QED) is 0.118. The third-order valence-electron chi connectivity index (χ3n) is 2.81. The molecule has 8 N–H and O–H groups in total. The summed E-state index contributed by atoms with van der Waals surface area (Å²) in [6.45, 7) is 0.637. The maximum Gasteiger partial charge on any atom is 0.306 e. The number of hydrogen-bond acceptors (Lipinski definition) is 9. The molecule has 21 heavy (non-hydrogen) atoms. The van der Waals surface area contributed by atoms with E-state index >= 15 is 0 Å². The van der Waals surface area contributed by atoms with Crippen LogP contribution in [0.25, 0.3) is 0 Å². The Morgan fingerprint density at radius 2 is 1.86 bits per heavy atom. The van der Waals surface area contributed by atoms with Crippen LogP contribution in [0.15, 0.2) is 0 Å². The molecule has 2 atom stereocenters. The van der Waals surface area contributed by atoms with E-state index in [1.54, 1.807) is 7.05 Å². The van der Waals surface area contributed by atoms with Crippen molar-refractivity contribution in [2.45, 2.75) is 57.1 Å². The molecule has 126 valence electrons. The van der Waals surface area contributed by atoms with Gasteiger partial charge in [0.1, 0.15) is 6.29 Å². The van der Waals surface area contributed by atoms with E-state index in [-0.39, 0.29) is 25.6 Å². The van der Waals surface area contributed by atoms with Crippen LogP contribution in [0, 0.1) is 0 Å². The minimum absolute atomic E-state index is 0.0420. The van der Waals surface area contributed by atoms with Gasteiger partial charge < -0.3 is 30.9 Å². The number of nitrogens with two attached hydrogens (primary N) is 1. The fourth-order valence-corrected chi connectivity index (χ4v) is 1.56. The van der Waals surface area contributed by atoms with Crippen LogP contribution in [0.4, 0.5) is 0 Å². The number of hydrogen-bond donors (Lipinski definition) is 7. The maximum atomic E-state index is 11.5. The van der Waals surface area contributed by atoms with Crippen molar-refractivity contribution in [3.63, 3.8) is 0 Å². The van der Waals surface area contributed by atoms with Gasteiger partial charge >= 0.3 is 5.97 Å². The Morgan fingerprint density at radius 1 is 1.19 bits per heavy atom. The molecule has 0 spiro atoms. The lowest BCUT2D eigenvalue weighted by atomic mass is 10.2. The fourth-order valence-electron chi connectivity index (χ4n) is 1.56. The zero-order valence-corrected chi connectivity index (χ0v) is 12.2. The first kappa shape index (κ1) is 20.2. The Labute approximate surface area is 124 Å². The van der Waals surface area contributed by atoms with Crippen molar-refractivity contribution in [2.75, 3.05) is 13.6 Å². The highest BCUT2D eigenvalue weighted by Crippen LogP contribution is 2.10. The molecule has 0 aliphatic heterocycles. The van der Waals surface area contributed by atoms with Crippen molar-refractivity contribution in [1.29, 1.82) is 0 Å². The van der Waals surface area contributed by atoms with E-state index in [1.165, 1.54) is 0 Å². The van der Waals surface area contributed by atoms with E-state index in [1.807, 2.05) is 0 Å². The molecule has 2 unspecified atom stereocenters. The molecule has 0 aliphatic rings. The number of nitrogens with one attached hydrogen (secondary N) is 2. The van der Waals surface area contributed by atoms with Gasteiger partial charge in [0.05, 0.1) is 0 Å². The molecule has 0 heterocycles. The summed E-state index contributed by atoms with van der Waals surface area (Å²) >= 11 is 0. The van der Waals surface area contributed by atoms with Gasteiger partial charge in [-0.3, -0.25) is 15.4 Å². The van der Waals surface area contributed by atoms with E-state index in [4.69, 9.17) is 30.9 Å². The van der Waals surface area contributed by atoms with Gasteiger partial charge in [-0.1, -0.05) is 0 Å². The molecule has 9 nitrogen and oxygen atoms in total. The first-order valence-corrected chi connectivity index (χ1v) is 6.94. The second-order valence-corrected chi connectivity index (χ2v) is 4.68. The SMILES string of the molecule is CNC(N)NCCCCC(=O)OC(CCC(O)O)C(O)O. The third kappa shape index (κ3) is 11.5. The van der Waals surface area contributed by atoms with Crippen LogP contribution in [-0.2, 0) is 9.53 Å². The number of carbonyl (C=O) groups is 1. The number of carbonyl (C=O) groups excluding carboxylic acids is 1. The van der Waals surface area contributed by atoms with Crippen molar-refractivity contribution >= 4 is 5.97 Å². The van der Waals surface area contributed by atoms with Gasteiger partial charge in [-0.2, -0.15) is 0 Å². The minimum Gasteiger partial charge on any atom is -0.457 e. The number of aliphatic hydroxyl groups excluding tert-OH is 2. The van der Waals surface area contributed by atoms with Gasteiger partial charge in [0, 0.05) is 12.8 Å². The molecule has 0 radical (unpaired) electrons. The highest BCUT2D eigenvalue weighted by Gasteiger charge is 2.21. The maximum absolute atomic E-state index is 11.5. The van der Waals surface area contributed by atoms with Crippen LogP contribution in [0.5, 0.6) is 0 Å². The van der Waals surface area contributed by atoms with Gasteiger partial charge in [0.2, 0.25) is 0 Å². The molecule has 0 aliphatic carbocycles. The molecular formula is C12H27N3O6. The van der Waals surface area contributed by atoms with Crippen molar-refractivity contribution in [2.24, 2.45) is 5.73 Å². The van der Waals surface area contributed by atoms with Crippen LogP contribution < -0.4 is 16.4 Å². The van der Waals surface area contributed by atoms with Crippen LogP contribution >= 0.6 is 0 Å². The van der Waals surface area contributed by atoms with E-state index in [0.717, 1.165) is 0 Å². The lowest BCUT2D eigenvalue weighted by molar-refractivity contribution is -0.179. The first-order chi connectivity index (χ1) is 9.86. The van der Waals surface area contributed by atoms with Gasteiger partial charge in [0.25, 0.3) is 0 Å². The Bertz CT molecular complexity index is 278. The van der Waals surface area contributed by atoms with Gasteiger partial charge in [-0.05, 0) is 32.9 Å². The predicted molar refractivity (Wildman–Crippen MR) is 74.5 cm³/mol. The third-order valence-corrected chi connectivity index (χ3v) is 2.81. The normalized spacial score (nSPS) is 14.5. The summed E-state index contributed by atoms with van der Waals surface area (Å²) in [5, 5.41) is 41.3. The van der Waals surface area contributed by atoms with Gasteiger partial charge in [-0.15, -0.1) is 0 Å². The molecule has 0 amide bonds. The van der Waals surface area contributed by atoms with Crippen molar-refractivity contribution in [1.82, 2.24) is 10.6 Å². The average Bonchev–Trinajstić information content (AvgIpc) is 2.42. The molecule has 0 aromatic rings. The second-order valence-electron chi connectivity index (χ2n) is 4.68. The number of rotatable bonds is 12. The summed E-state index contributed by atoms with van der Waals surface area (Å²) in [7, 11) is 1.72. The summed E-state index contributed by atoms with van der Waals surface area (Å²) in [6, 6.07) is 0. The molecule has 0 fully saturated rings. The van der Waals surface area contributed by atoms with Gasteiger partial charge in [0.15, 0.2) is 18.7 Å². The van der Waals surface area contributed by atoms with Crippen LogP contribution in [0.3, 0.4) is 0 Å². The fraction of sp³-hybridized carbons (Fsp3) is 0.917. The molecule has 9 heteroatoms. The first-order valence-electron chi connectivity index (χ1n) is 6.94. The summed E-state index contributed by atoms with van der Waals surface area (Å²) < 4.78 is 4.89. The average molecular weight is 309 g/mol. The van der Waals surface area contributed by atoms with E-state index in [0.29, 0.717) is 19.4 Å². The Hall–Kier alpha value is -0.810. The predicted octanol–water partition coefficient (Wildman–Crippen LogP) is -2.48. The zero-order chi connectivity index (χ0) is 16.3. The largest absolute Gasteiger partial charge is 0.457 e. The lowest BCUT2D eigenvalue weighted by Crippen LogP contribution is -2.47. The standard InChI is InChI=1S/C12H27N3O6/c1-14-12(13)15-7-3-2-4-10(18)21-8(11(19)20)5-6-9(16)17/h8-9,11-12,14-17,19-20H,2-7,13H2,1H3. The highest BCUT2D eigenvalue weighted by atomic mass is 16.6. The van der Waals surface area contributed by atoms with Gasteiger partial charge in [-0.25, -0.2) is 0 Å². The summed E-state index contributed by atoms with van der Waals surface area (Å²) in [4.78, 5) is 11.5. The van der Waals surface area contributed by atoms with Crippen molar-refractivity contribution in [3.05, 3.63) is 0 Å². The van der Waals surface area contributed by atoms with E-state index in [9.17, 15) is 4.79 Å². The number of unbranched alkanes of at least 4 members (excludes halogenated alkanes) is 1. The molecule has 0 aromatic carbocycles. The molecule has 0 saturated heterocycles. The lowest BCUT2D eigenvalue weighted by Gasteiger charge is -2.20.